The predicted octanol–water partition coefficient (Wildman–Crippen LogP) is 5.35. The topological polar surface area (TPSA) is 67.4 Å². The summed E-state index contributed by atoms with van der Waals surface area (Å²) in [6.45, 7) is 5.73. The number of aromatic nitrogens is 2. The molecule has 1 N–H and O–H groups in total. The summed E-state index contributed by atoms with van der Waals surface area (Å²) in [4.78, 5) is 24.8. The Hall–Kier alpha value is -1.73. The third kappa shape index (κ3) is 4.40. The Labute approximate surface area is 180 Å². The molecular weight excluding hydrogens is 408 g/mol. The van der Waals surface area contributed by atoms with E-state index in [4.69, 9.17) is 16.3 Å². The number of hydrogen-bond acceptors (Lipinski definition) is 6. The zero-order chi connectivity index (χ0) is 20.8. The number of hydrogen-bond donors (Lipinski definition) is 1. The van der Waals surface area contributed by atoms with Crippen molar-refractivity contribution >= 4 is 46.2 Å². The van der Waals surface area contributed by atoms with E-state index in [-0.39, 0.29) is 24.2 Å². The Bertz CT molecular complexity index is 919. The van der Waals surface area contributed by atoms with E-state index < -0.39 is 5.60 Å². The van der Waals surface area contributed by atoms with Gasteiger partial charge in [-0.15, -0.1) is 11.8 Å². The summed E-state index contributed by atoms with van der Waals surface area (Å²) in [5, 5.41) is 5.01. The Morgan fingerprint density at radius 3 is 2.59 bits per heavy atom. The number of halogens is 1. The quantitative estimate of drug-likeness (QED) is 0.519. The van der Waals surface area contributed by atoms with Crippen molar-refractivity contribution in [2.75, 3.05) is 11.6 Å². The fraction of sp³-hybridized carbons (Fsp3) is 0.571. The standard InChI is InChI=1S/C21H27ClN4O2S/c1-21(2,3)28-20(27)26-13-5-6-14(26)8-12(7-13)24-19-16-9-15(29-4)11-23-17(16)10-18(22)25-19/h9-14H,5-8H2,1-4H3,(H,24,25)/t12-,13+,14-. The maximum absolute atomic E-state index is 12.7. The molecule has 29 heavy (non-hydrogen) atoms. The first-order chi connectivity index (χ1) is 13.7. The van der Waals surface area contributed by atoms with Crippen LogP contribution < -0.4 is 5.32 Å². The van der Waals surface area contributed by atoms with Gasteiger partial charge in [0.25, 0.3) is 0 Å². The normalized spacial score (nSPS) is 24.0. The second-order valence-corrected chi connectivity index (χ2v) is 10.1. The molecule has 2 bridgehead atoms. The zero-order valence-corrected chi connectivity index (χ0v) is 18.8. The zero-order valence-electron chi connectivity index (χ0n) is 17.2. The van der Waals surface area contributed by atoms with E-state index in [1.165, 1.54) is 0 Å². The second kappa shape index (κ2) is 7.84. The van der Waals surface area contributed by atoms with Crippen molar-refractivity contribution in [3.8, 4) is 0 Å². The molecule has 8 heteroatoms. The van der Waals surface area contributed by atoms with Crippen molar-refractivity contribution in [1.29, 1.82) is 0 Å². The third-order valence-electron chi connectivity index (χ3n) is 5.54. The number of fused-ring (bicyclic) bond motifs is 3. The van der Waals surface area contributed by atoms with E-state index in [0.29, 0.717) is 5.15 Å². The first kappa shape index (κ1) is 20.5. The van der Waals surface area contributed by atoms with Gasteiger partial charge in [-0.25, -0.2) is 9.78 Å². The molecule has 2 aromatic heterocycles. The lowest BCUT2D eigenvalue weighted by Crippen LogP contribution is -2.51. The van der Waals surface area contributed by atoms with Crippen molar-refractivity contribution in [1.82, 2.24) is 14.9 Å². The Morgan fingerprint density at radius 1 is 1.28 bits per heavy atom. The Morgan fingerprint density at radius 2 is 1.97 bits per heavy atom. The monoisotopic (exact) mass is 434 g/mol. The summed E-state index contributed by atoms with van der Waals surface area (Å²) in [6, 6.07) is 4.53. The van der Waals surface area contributed by atoms with Gasteiger partial charge in [0.2, 0.25) is 0 Å². The number of ether oxygens (including phenoxy) is 1. The van der Waals surface area contributed by atoms with Crippen LogP contribution in [-0.2, 0) is 4.74 Å². The van der Waals surface area contributed by atoms with Gasteiger partial charge in [0.1, 0.15) is 16.6 Å². The fourth-order valence-corrected chi connectivity index (χ4v) is 4.98. The van der Waals surface area contributed by atoms with Crippen LogP contribution in [0.5, 0.6) is 0 Å². The SMILES string of the molecule is CSc1cnc2cc(Cl)nc(N[C@H]3C[C@H]4CC[C@@H](C3)N4C(=O)OC(C)(C)C)c2c1. The molecule has 0 saturated carbocycles. The molecule has 0 aromatic carbocycles. The van der Waals surface area contributed by atoms with Gasteiger partial charge in [0.15, 0.2) is 0 Å². The molecule has 6 nitrogen and oxygen atoms in total. The van der Waals surface area contributed by atoms with Crippen molar-refractivity contribution in [2.24, 2.45) is 0 Å². The number of thioether (sulfide) groups is 1. The number of nitrogens with one attached hydrogen (secondary N) is 1. The van der Waals surface area contributed by atoms with E-state index >= 15 is 0 Å². The van der Waals surface area contributed by atoms with Crippen LogP contribution in [-0.4, -0.2) is 50.9 Å². The lowest BCUT2D eigenvalue weighted by Gasteiger charge is -2.39. The van der Waals surface area contributed by atoms with Gasteiger partial charge in [0.05, 0.1) is 5.52 Å². The molecule has 2 aliphatic heterocycles. The van der Waals surface area contributed by atoms with E-state index in [1.54, 1.807) is 17.8 Å². The van der Waals surface area contributed by atoms with E-state index in [9.17, 15) is 4.79 Å². The van der Waals surface area contributed by atoms with Gasteiger partial charge >= 0.3 is 6.09 Å². The van der Waals surface area contributed by atoms with Crippen LogP contribution in [0.2, 0.25) is 5.15 Å². The highest BCUT2D eigenvalue weighted by molar-refractivity contribution is 7.98. The lowest BCUT2D eigenvalue weighted by molar-refractivity contribution is 0.00683. The second-order valence-electron chi connectivity index (χ2n) is 8.82. The van der Waals surface area contributed by atoms with Crippen LogP contribution in [0.1, 0.15) is 46.5 Å². The number of anilines is 1. The number of pyridine rings is 2. The highest BCUT2D eigenvalue weighted by Crippen LogP contribution is 2.38. The first-order valence-electron chi connectivity index (χ1n) is 10.0. The molecule has 0 spiro atoms. The largest absolute Gasteiger partial charge is 0.444 e. The minimum atomic E-state index is -0.475. The first-order valence-corrected chi connectivity index (χ1v) is 11.6. The summed E-state index contributed by atoms with van der Waals surface area (Å²) in [7, 11) is 0. The molecule has 0 aliphatic carbocycles. The van der Waals surface area contributed by atoms with Crippen molar-refractivity contribution < 1.29 is 9.53 Å². The highest BCUT2D eigenvalue weighted by Gasteiger charge is 2.45. The van der Waals surface area contributed by atoms with Crippen LogP contribution >= 0.6 is 23.4 Å². The average Bonchev–Trinajstić information content (AvgIpc) is 2.91. The van der Waals surface area contributed by atoms with Crippen molar-refractivity contribution in [2.45, 2.75) is 75.1 Å². The summed E-state index contributed by atoms with van der Waals surface area (Å²) in [5.41, 5.74) is 0.358. The third-order valence-corrected chi connectivity index (χ3v) is 6.43. The molecular formula is C21H27ClN4O2S. The minimum Gasteiger partial charge on any atom is -0.444 e. The summed E-state index contributed by atoms with van der Waals surface area (Å²) in [5.74, 6) is 0.769. The fourth-order valence-electron chi connectivity index (χ4n) is 4.40. The molecule has 0 unspecified atom stereocenters. The van der Waals surface area contributed by atoms with Gasteiger partial charge < -0.3 is 15.0 Å². The van der Waals surface area contributed by atoms with Crippen LogP contribution in [0, 0.1) is 0 Å². The summed E-state index contributed by atoms with van der Waals surface area (Å²) >= 11 is 7.90. The molecule has 2 fully saturated rings. The molecule has 2 saturated heterocycles. The number of nitrogens with zero attached hydrogens (tertiary/aromatic N) is 3. The number of carbonyl (C=O) groups excluding carboxylic acids is 1. The van der Waals surface area contributed by atoms with Gasteiger partial charge in [0, 0.05) is 40.7 Å². The van der Waals surface area contributed by atoms with Crippen LogP contribution in [0.25, 0.3) is 10.9 Å². The van der Waals surface area contributed by atoms with Gasteiger partial charge in [-0.2, -0.15) is 0 Å². The van der Waals surface area contributed by atoms with E-state index in [1.807, 2.05) is 38.1 Å². The molecule has 1 amide bonds. The van der Waals surface area contributed by atoms with E-state index in [2.05, 4.69) is 21.4 Å². The predicted molar refractivity (Wildman–Crippen MR) is 118 cm³/mol. The van der Waals surface area contributed by atoms with Crippen LogP contribution in [0.3, 0.4) is 0 Å². The molecule has 2 aliphatic rings. The highest BCUT2D eigenvalue weighted by atomic mass is 35.5. The minimum absolute atomic E-state index is 0.191. The number of amides is 1. The van der Waals surface area contributed by atoms with Gasteiger partial charge in [-0.1, -0.05) is 11.6 Å². The lowest BCUT2D eigenvalue weighted by atomic mass is 9.97. The molecule has 156 valence electrons. The molecule has 2 aromatic rings. The van der Waals surface area contributed by atoms with Crippen molar-refractivity contribution in [3.05, 3.63) is 23.5 Å². The average molecular weight is 435 g/mol. The van der Waals surface area contributed by atoms with E-state index in [0.717, 1.165) is 47.3 Å². The maximum Gasteiger partial charge on any atom is 0.410 e. The molecule has 0 radical (unpaired) electrons. The van der Waals surface area contributed by atoms with Gasteiger partial charge in [-0.05, 0) is 58.8 Å². The Kier molecular flexibility index (Phi) is 5.55. The summed E-state index contributed by atoms with van der Waals surface area (Å²) in [6.07, 6.45) is 7.48. The van der Waals surface area contributed by atoms with Crippen molar-refractivity contribution in [3.63, 3.8) is 0 Å². The molecule has 4 rings (SSSR count). The summed E-state index contributed by atoms with van der Waals surface area (Å²) < 4.78 is 5.64. The number of rotatable bonds is 3. The smallest absolute Gasteiger partial charge is 0.410 e. The number of piperidine rings is 1. The molecule has 4 heterocycles. The molecule has 3 atom stereocenters. The van der Waals surface area contributed by atoms with Crippen LogP contribution in [0.15, 0.2) is 23.2 Å². The maximum atomic E-state index is 12.7. The van der Waals surface area contributed by atoms with Gasteiger partial charge in [-0.3, -0.25) is 4.98 Å². The van der Waals surface area contributed by atoms with Crippen LogP contribution in [0.4, 0.5) is 10.6 Å². The Balaban J connectivity index is 1.53. The number of carbonyl (C=O) groups is 1.